The third-order valence-electron chi connectivity index (χ3n) is 3.79. The highest BCUT2D eigenvalue weighted by molar-refractivity contribution is 6.02. The largest absolute Gasteiger partial charge is 0.481 e. The van der Waals surface area contributed by atoms with Crippen molar-refractivity contribution in [2.45, 2.75) is 31.3 Å². The predicted octanol–water partition coefficient (Wildman–Crippen LogP) is 0.717. The number of ketones is 1. The zero-order chi connectivity index (χ0) is 15.4. The van der Waals surface area contributed by atoms with Crippen LogP contribution in [0.15, 0.2) is 24.3 Å². The first kappa shape index (κ1) is 15.6. The molecule has 0 radical (unpaired) electrons. The van der Waals surface area contributed by atoms with Gasteiger partial charge in [0.15, 0.2) is 5.78 Å². The highest BCUT2D eigenvalue weighted by atomic mass is 19.1. The van der Waals surface area contributed by atoms with Gasteiger partial charge in [-0.05, 0) is 43.5 Å². The minimum absolute atomic E-state index is 0.218. The van der Waals surface area contributed by atoms with Gasteiger partial charge in [-0.1, -0.05) is 12.1 Å². The maximum Gasteiger partial charge on any atom is 0.315 e. The lowest BCUT2D eigenvalue weighted by Gasteiger charge is -2.22. The molecule has 1 aromatic carbocycles. The molecule has 4 N–H and O–H groups in total. The van der Waals surface area contributed by atoms with Gasteiger partial charge >= 0.3 is 5.97 Å². The number of carboxylic acid groups (broad SMARTS) is 1. The summed E-state index contributed by atoms with van der Waals surface area (Å²) in [5.41, 5.74) is 6.64. The number of carbonyl (C=O) groups is 2. The van der Waals surface area contributed by atoms with Gasteiger partial charge in [0.1, 0.15) is 11.7 Å². The van der Waals surface area contributed by atoms with E-state index in [9.17, 15) is 19.1 Å². The van der Waals surface area contributed by atoms with E-state index in [-0.39, 0.29) is 18.0 Å². The minimum Gasteiger partial charge on any atom is -0.481 e. The summed E-state index contributed by atoms with van der Waals surface area (Å²) in [6.45, 7) is 0.718. The Morgan fingerprint density at radius 1 is 1.38 bits per heavy atom. The number of halogens is 1. The number of hydrogen-bond donors (Lipinski definition) is 3. The van der Waals surface area contributed by atoms with E-state index in [1.54, 1.807) is 12.1 Å². The Morgan fingerprint density at radius 2 is 2.05 bits per heavy atom. The molecule has 0 amide bonds. The van der Waals surface area contributed by atoms with Crippen LogP contribution < -0.4 is 11.1 Å². The Labute approximate surface area is 122 Å². The molecule has 1 aliphatic heterocycles. The van der Waals surface area contributed by atoms with Gasteiger partial charge in [0.05, 0.1) is 6.04 Å². The topological polar surface area (TPSA) is 92.4 Å². The molecule has 3 atom stereocenters. The maximum atomic E-state index is 12.9. The van der Waals surface area contributed by atoms with Crippen molar-refractivity contribution in [2.75, 3.05) is 6.54 Å². The van der Waals surface area contributed by atoms with Crippen LogP contribution in [0.2, 0.25) is 0 Å². The van der Waals surface area contributed by atoms with Crippen molar-refractivity contribution in [3.05, 3.63) is 35.6 Å². The van der Waals surface area contributed by atoms with E-state index in [0.29, 0.717) is 12.0 Å². The van der Waals surface area contributed by atoms with Crippen LogP contribution in [0.25, 0.3) is 0 Å². The molecule has 6 heteroatoms. The molecule has 0 bridgehead atoms. The SMILES string of the molecule is N[C@H](Cc1ccc(F)cc1)C(C(=O)O)C(=O)[C@@H]1CCCN1. The van der Waals surface area contributed by atoms with Crippen LogP contribution in [0, 0.1) is 11.7 Å². The molecule has 0 aliphatic carbocycles. The molecule has 1 saturated heterocycles. The van der Waals surface area contributed by atoms with Gasteiger partial charge in [0.25, 0.3) is 0 Å². The molecule has 1 aromatic rings. The van der Waals surface area contributed by atoms with E-state index in [1.807, 2.05) is 0 Å². The molecule has 1 heterocycles. The molecule has 1 unspecified atom stereocenters. The van der Waals surface area contributed by atoms with E-state index >= 15 is 0 Å². The van der Waals surface area contributed by atoms with Crippen LogP contribution in [-0.2, 0) is 16.0 Å². The average molecular weight is 294 g/mol. The number of benzene rings is 1. The molecule has 0 spiro atoms. The molecule has 2 rings (SSSR count). The summed E-state index contributed by atoms with van der Waals surface area (Å²) in [7, 11) is 0. The fourth-order valence-corrected chi connectivity index (χ4v) is 2.67. The van der Waals surface area contributed by atoms with E-state index in [1.165, 1.54) is 12.1 Å². The molecular formula is C15H19FN2O3. The fraction of sp³-hybridized carbons (Fsp3) is 0.467. The summed E-state index contributed by atoms with van der Waals surface area (Å²) in [5.74, 6) is -3.18. The second kappa shape index (κ2) is 6.78. The van der Waals surface area contributed by atoms with Gasteiger partial charge in [-0.15, -0.1) is 0 Å². The highest BCUT2D eigenvalue weighted by Gasteiger charge is 2.37. The van der Waals surface area contributed by atoms with Crippen molar-refractivity contribution in [3.8, 4) is 0 Å². The van der Waals surface area contributed by atoms with Crippen molar-refractivity contribution in [1.29, 1.82) is 0 Å². The van der Waals surface area contributed by atoms with E-state index in [4.69, 9.17) is 5.73 Å². The Kier molecular flexibility index (Phi) is 5.03. The van der Waals surface area contributed by atoms with Crippen LogP contribution in [0.3, 0.4) is 0 Å². The van der Waals surface area contributed by atoms with E-state index < -0.39 is 24.0 Å². The van der Waals surface area contributed by atoms with Gasteiger partial charge < -0.3 is 16.2 Å². The Bertz CT molecular complexity index is 512. The fourth-order valence-electron chi connectivity index (χ4n) is 2.67. The molecule has 1 aliphatic rings. The predicted molar refractivity (Wildman–Crippen MR) is 75.2 cm³/mol. The number of aliphatic carboxylic acids is 1. The number of carboxylic acids is 1. The van der Waals surface area contributed by atoms with Gasteiger partial charge in [0, 0.05) is 6.04 Å². The van der Waals surface area contributed by atoms with Gasteiger partial charge in [-0.25, -0.2) is 4.39 Å². The Morgan fingerprint density at radius 3 is 2.57 bits per heavy atom. The van der Waals surface area contributed by atoms with Crippen LogP contribution in [0.4, 0.5) is 4.39 Å². The third-order valence-corrected chi connectivity index (χ3v) is 3.79. The Hall–Kier alpha value is -1.79. The van der Waals surface area contributed by atoms with Gasteiger partial charge in [-0.2, -0.15) is 0 Å². The molecule has 5 nitrogen and oxygen atoms in total. The molecule has 1 fully saturated rings. The lowest BCUT2D eigenvalue weighted by molar-refractivity contribution is -0.147. The zero-order valence-corrected chi connectivity index (χ0v) is 11.6. The van der Waals surface area contributed by atoms with Crippen molar-refractivity contribution in [3.63, 3.8) is 0 Å². The van der Waals surface area contributed by atoms with Crippen molar-refractivity contribution < 1.29 is 19.1 Å². The van der Waals surface area contributed by atoms with Crippen molar-refractivity contribution >= 4 is 11.8 Å². The maximum absolute atomic E-state index is 12.9. The van der Waals surface area contributed by atoms with Crippen LogP contribution in [-0.4, -0.2) is 35.5 Å². The number of nitrogens with two attached hydrogens (primary N) is 1. The monoisotopic (exact) mass is 294 g/mol. The second-order valence-electron chi connectivity index (χ2n) is 5.36. The molecule has 0 saturated carbocycles. The third kappa shape index (κ3) is 3.86. The minimum atomic E-state index is -1.24. The summed E-state index contributed by atoms with van der Waals surface area (Å²) in [4.78, 5) is 23.7. The zero-order valence-electron chi connectivity index (χ0n) is 11.6. The molecular weight excluding hydrogens is 275 g/mol. The normalized spacial score (nSPS) is 21.0. The smallest absolute Gasteiger partial charge is 0.315 e. The van der Waals surface area contributed by atoms with Crippen molar-refractivity contribution in [2.24, 2.45) is 11.7 Å². The summed E-state index contributed by atoms with van der Waals surface area (Å²) < 4.78 is 12.9. The first-order valence-electron chi connectivity index (χ1n) is 6.99. The lowest BCUT2D eigenvalue weighted by atomic mass is 9.87. The quantitative estimate of drug-likeness (QED) is 0.672. The van der Waals surface area contributed by atoms with Crippen LogP contribution in [0.1, 0.15) is 18.4 Å². The first-order valence-corrected chi connectivity index (χ1v) is 6.99. The Balaban J connectivity index is 2.08. The van der Waals surface area contributed by atoms with E-state index in [0.717, 1.165) is 13.0 Å². The van der Waals surface area contributed by atoms with Crippen LogP contribution in [0.5, 0.6) is 0 Å². The number of Topliss-reactive ketones (excluding diaryl/α,β-unsaturated/α-hetero) is 1. The standard InChI is InChI=1S/C15H19FN2O3/c16-10-5-3-9(4-6-10)8-11(17)13(15(20)21)14(19)12-2-1-7-18-12/h3-6,11-13,18H,1-2,7-8,17H2,(H,20,21)/t11-,12+,13?/m1/s1. The number of carbonyl (C=O) groups excluding carboxylic acids is 1. The summed E-state index contributed by atoms with van der Waals surface area (Å²) in [6, 6.07) is 4.42. The number of rotatable bonds is 6. The van der Waals surface area contributed by atoms with Crippen molar-refractivity contribution in [1.82, 2.24) is 5.32 Å². The van der Waals surface area contributed by atoms with Gasteiger partial charge in [-0.3, -0.25) is 9.59 Å². The van der Waals surface area contributed by atoms with E-state index in [2.05, 4.69) is 5.32 Å². The molecule has 21 heavy (non-hydrogen) atoms. The van der Waals surface area contributed by atoms with Crippen LogP contribution >= 0.6 is 0 Å². The molecule has 0 aromatic heterocycles. The summed E-state index contributed by atoms with van der Waals surface area (Å²) >= 11 is 0. The first-order chi connectivity index (χ1) is 9.99. The summed E-state index contributed by atoms with van der Waals surface area (Å²) in [5, 5.41) is 12.3. The average Bonchev–Trinajstić information content (AvgIpc) is 2.95. The summed E-state index contributed by atoms with van der Waals surface area (Å²) in [6.07, 6.45) is 1.72. The second-order valence-corrected chi connectivity index (χ2v) is 5.36. The number of nitrogens with one attached hydrogen (secondary N) is 1. The van der Waals surface area contributed by atoms with Gasteiger partial charge in [0.2, 0.25) is 0 Å². The number of hydrogen-bond acceptors (Lipinski definition) is 4. The highest BCUT2D eigenvalue weighted by Crippen LogP contribution is 2.17. The molecule has 114 valence electrons. The lowest BCUT2D eigenvalue weighted by Crippen LogP contribution is -2.48.